The number of ether oxygens (including phenoxy) is 1. The molecule has 1 aliphatic heterocycles. The van der Waals surface area contributed by atoms with E-state index >= 15 is 0 Å². The van der Waals surface area contributed by atoms with Crippen LogP contribution in [0.4, 0.5) is 0 Å². The normalized spacial score (nSPS) is 20.9. The molecule has 0 bridgehead atoms. The summed E-state index contributed by atoms with van der Waals surface area (Å²) in [5.41, 5.74) is 2.38. The number of hydrogen-bond acceptors (Lipinski definition) is 2. The third-order valence-corrected chi connectivity index (χ3v) is 3.79. The van der Waals surface area contributed by atoms with Gasteiger partial charge in [-0.2, -0.15) is 0 Å². The van der Waals surface area contributed by atoms with E-state index in [9.17, 15) is 5.11 Å². The minimum atomic E-state index is -0.350. The lowest BCUT2D eigenvalue weighted by molar-refractivity contribution is 0.0812. The van der Waals surface area contributed by atoms with Crippen LogP contribution in [-0.4, -0.2) is 17.8 Å². The zero-order valence-electron chi connectivity index (χ0n) is 12.1. The van der Waals surface area contributed by atoms with E-state index in [1.807, 2.05) is 0 Å². The van der Waals surface area contributed by atoms with Crippen molar-refractivity contribution in [2.75, 3.05) is 6.61 Å². The van der Waals surface area contributed by atoms with Crippen LogP contribution in [0.5, 0.6) is 0 Å². The van der Waals surface area contributed by atoms with E-state index in [4.69, 9.17) is 4.74 Å². The average Bonchev–Trinajstić information content (AvgIpc) is 2.89. The molecule has 19 heavy (non-hydrogen) atoms. The largest absolute Gasteiger partial charge is 0.388 e. The second-order valence-corrected chi connectivity index (χ2v) is 6.07. The highest BCUT2D eigenvalue weighted by atomic mass is 16.5. The molecule has 2 atom stereocenters. The summed E-state index contributed by atoms with van der Waals surface area (Å²) >= 11 is 0. The molecule has 1 saturated heterocycles. The predicted molar refractivity (Wildman–Crippen MR) is 78.2 cm³/mol. The van der Waals surface area contributed by atoms with Crippen LogP contribution in [0, 0.1) is 5.92 Å². The van der Waals surface area contributed by atoms with Crippen molar-refractivity contribution >= 4 is 0 Å². The van der Waals surface area contributed by atoms with Crippen molar-refractivity contribution in [2.24, 2.45) is 5.92 Å². The fourth-order valence-corrected chi connectivity index (χ4v) is 2.73. The zero-order valence-corrected chi connectivity index (χ0v) is 12.1. The summed E-state index contributed by atoms with van der Waals surface area (Å²) in [6, 6.07) is 8.42. The second-order valence-electron chi connectivity index (χ2n) is 6.07. The highest BCUT2D eigenvalue weighted by Crippen LogP contribution is 2.24. The van der Waals surface area contributed by atoms with E-state index in [1.54, 1.807) is 0 Å². The van der Waals surface area contributed by atoms with Gasteiger partial charge in [0.15, 0.2) is 0 Å². The molecular formula is C17H26O2. The number of rotatable bonds is 6. The maximum atomic E-state index is 10.2. The molecule has 1 aromatic carbocycles. The van der Waals surface area contributed by atoms with Crippen LogP contribution >= 0.6 is 0 Å². The molecule has 1 aromatic rings. The molecule has 0 aromatic heterocycles. The second kappa shape index (κ2) is 7.06. The Balaban J connectivity index is 1.82. The van der Waals surface area contributed by atoms with E-state index in [1.165, 1.54) is 12.0 Å². The summed E-state index contributed by atoms with van der Waals surface area (Å²) in [5, 5.41) is 10.2. The monoisotopic (exact) mass is 262 g/mol. The van der Waals surface area contributed by atoms with Crippen LogP contribution < -0.4 is 0 Å². The summed E-state index contributed by atoms with van der Waals surface area (Å²) in [4.78, 5) is 0. The maximum Gasteiger partial charge on any atom is 0.0791 e. The summed E-state index contributed by atoms with van der Waals surface area (Å²) in [5.74, 6) is 0.676. The van der Waals surface area contributed by atoms with Gasteiger partial charge in [-0.25, -0.2) is 0 Å². The summed E-state index contributed by atoms with van der Waals surface area (Å²) in [6.07, 6.45) is 5.22. The van der Waals surface area contributed by atoms with Gasteiger partial charge < -0.3 is 9.84 Å². The van der Waals surface area contributed by atoms with Crippen LogP contribution in [0.3, 0.4) is 0 Å². The van der Waals surface area contributed by atoms with Crippen LogP contribution in [0.2, 0.25) is 0 Å². The van der Waals surface area contributed by atoms with E-state index < -0.39 is 0 Å². The first-order chi connectivity index (χ1) is 9.15. The van der Waals surface area contributed by atoms with E-state index in [0.29, 0.717) is 12.0 Å². The van der Waals surface area contributed by atoms with Crippen LogP contribution in [0.15, 0.2) is 24.3 Å². The van der Waals surface area contributed by atoms with Gasteiger partial charge >= 0.3 is 0 Å². The summed E-state index contributed by atoms with van der Waals surface area (Å²) in [6.45, 7) is 5.35. The van der Waals surface area contributed by atoms with Gasteiger partial charge in [-0.3, -0.25) is 0 Å². The van der Waals surface area contributed by atoms with Gasteiger partial charge in [0, 0.05) is 6.61 Å². The standard InChI is InChI=1S/C17H26O2/c1-13(2)12-14-5-7-15(8-6-14)17(18)10-9-16-4-3-11-19-16/h5-8,13,16-18H,3-4,9-12H2,1-2H3. The SMILES string of the molecule is CC(C)Cc1ccc(C(O)CCC2CCCO2)cc1. The van der Waals surface area contributed by atoms with Crippen molar-refractivity contribution in [3.63, 3.8) is 0 Å². The molecule has 1 fully saturated rings. The fourth-order valence-electron chi connectivity index (χ4n) is 2.73. The van der Waals surface area contributed by atoms with Gasteiger partial charge in [-0.15, -0.1) is 0 Å². The van der Waals surface area contributed by atoms with E-state index in [-0.39, 0.29) is 6.10 Å². The lowest BCUT2D eigenvalue weighted by Gasteiger charge is -2.15. The summed E-state index contributed by atoms with van der Waals surface area (Å²) in [7, 11) is 0. The molecule has 1 heterocycles. The molecule has 2 unspecified atom stereocenters. The highest BCUT2D eigenvalue weighted by molar-refractivity contribution is 5.24. The Bertz CT molecular complexity index is 363. The zero-order chi connectivity index (χ0) is 13.7. The first kappa shape index (κ1) is 14.5. The molecule has 0 saturated carbocycles. The third-order valence-electron chi connectivity index (χ3n) is 3.79. The molecule has 2 rings (SSSR count). The molecular weight excluding hydrogens is 236 g/mol. The van der Waals surface area contributed by atoms with Crippen molar-refractivity contribution in [1.29, 1.82) is 0 Å². The van der Waals surface area contributed by atoms with Gasteiger partial charge in [-0.1, -0.05) is 38.1 Å². The Morgan fingerprint density at radius 2 is 2.00 bits per heavy atom. The Kier molecular flexibility index (Phi) is 5.41. The first-order valence-corrected chi connectivity index (χ1v) is 7.53. The molecule has 1 aliphatic rings. The lowest BCUT2D eigenvalue weighted by Crippen LogP contribution is -2.08. The van der Waals surface area contributed by atoms with Crippen molar-refractivity contribution in [3.8, 4) is 0 Å². The number of hydrogen-bond donors (Lipinski definition) is 1. The average molecular weight is 262 g/mol. The van der Waals surface area contributed by atoms with Gasteiger partial charge in [0.25, 0.3) is 0 Å². The van der Waals surface area contributed by atoms with Crippen LogP contribution in [0.1, 0.15) is 56.8 Å². The Morgan fingerprint density at radius 3 is 2.58 bits per heavy atom. The van der Waals surface area contributed by atoms with Gasteiger partial charge in [0.2, 0.25) is 0 Å². The molecule has 1 N–H and O–H groups in total. The van der Waals surface area contributed by atoms with Crippen molar-refractivity contribution in [3.05, 3.63) is 35.4 Å². The molecule has 2 heteroatoms. The minimum absolute atomic E-state index is 0.350. The van der Waals surface area contributed by atoms with Crippen molar-refractivity contribution in [2.45, 2.75) is 58.2 Å². The Labute approximate surface area is 116 Å². The van der Waals surface area contributed by atoms with Gasteiger partial charge in [-0.05, 0) is 49.1 Å². The van der Waals surface area contributed by atoms with E-state index in [0.717, 1.165) is 37.9 Å². The summed E-state index contributed by atoms with van der Waals surface area (Å²) < 4.78 is 5.59. The minimum Gasteiger partial charge on any atom is -0.388 e. The Morgan fingerprint density at radius 1 is 1.26 bits per heavy atom. The quantitative estimate of drug-likeness (QED) is 0.843. The maximum absolute atomic E-state index is 10.2. The molecule has 0 aliphatic carbocycles. The first-order valence-electron chi connectivity index (χ1n) is 7.53. The van der Waals surface area contributed by atoms with Gasteiger partial charge in [0.1, 0.15) is 0 Å². The molecule has 0 radical (unpaired) electrons. The molecule has 0 spiro atoms. The van der Waals surface area contributed by atoms with Crippen molar-refractivity contribution < 1.29 is 9.84 Å². The molecule has 106 valence electrons. The number of aliphatic hydroxyl groups excluding tert-OH is 1. The smallest absolute Gasteiger partial charge is 0.0791 e. The van der Waals surface area contributed by atoms with Crippen LogP contribution in [-0.2, 0) is 11.2 Å². The Hall–Kier alpha value is -0.860. The van der Waals surface area contributed by atoms with E-state index in [2.05, 4.69) is 38.1 Å². The number of benzene rings is 1. The molecule has 2 nitrogen and oxygen atoms in total. The highest BCUT2D eigenvalue weighted by Gasteiger charge is 2.17. The lowest BCUT2D eigenvalue weighted by atomic mass is 9.98. The number of aliphatic hydroxyl groups is 1. The third kappa shape index (κ3) is 4.63. The van der Waals surface area contributed by atoms with Gasteiger partial charge in [0.05, 0.1) is 12.2 Å². The molecule has 0 amide bonds. The van der Waals surface area contributed by atoms with Crippen LogP contribution in [0.25, 0.3) is 0 Å². The predicted octanol–water partition coefficient (Wildman–Crippen LogP) is 3.88. The topological polar surface area (TPSA) is 29.5 Å². The fraction of sp³-hybridized carbons (Fsp3) is 0.647. The van der Waals surface area contributed by atoms with Crippen molar-refractivity contribution in [1.82, 2.24) is 0 Å².